The average Bonchev–Trinajstić information content (AvgIpc) is 3.42. The van der Waals surface area contributed by atoms with Crippen molar-refractivity contribution in [1.29, 1.82) is 0 Å². The second kappa shape index (κ2) is 7.31. The summed E-state index contributed by atoms with van der Waals surface area (Å²) in [5, 5.41) is 14.9. The van der Waals surface area contributed by atoms with Crippen LogP contribution in [0.4, 0.5) is 5.69 Å². The number of rotatable bonds is 5. The fourth-order valence-corrected chi connectivity index (χ4v) is 3.09. The maximum absolute atomic E-state index is 12.3. The van der Waals surface area contributed by atoms with Crippen molar-refractivity contribution in [2.24, 2.45) is 11.0 Å². The molecule has 2 atom stereocenters. The zero-order chi connectivity index (χ0) is 19.6. The summed E-state index contributed by atoms with van der Waals surface area (Å²) in [6, 6.07) is 14.7. The number of nitro benzene ring substituents is 1. The molecular weight excluding hydrogens is 342 g/mol. The molecule has 1 saturated carbocycles. The second-order valence-corrected chi connectivity index (χ2v) is 7.87. The average molecular weight is 365 g/mol. The molecule has 1 amide bonds. The van der Waals surface area contributed by atoms with Crippen molar-refractivity contribution in [2.45, 2.75) is 38.5 Å². The van der Waals surface area contributed by atoms with Gasteiger partial charge in [0.25, 0.3) is 5.69 Å². The molecule has 2 aromatic carbocycles. The molecule has 0 heterocycles. The van der Waals surface area contributed by atoms with Gasteiger partial charge >= 0.3 is 0 Å². The first-order valence-corrected chi connectivity index (χ1v) is 8.94. The predicted molar refractivity (Wildman–Crippen MR) is 105 cm³/mol. The number of hydrazone groups is 1. The monoisotopic (exact) mass is 365 g/mol. The molecule has 27 heavy (non-hydrogen) atoms. The van der Waals surface area contributed by atoms with Gasteiger partial charge in [0, 0.05) is 12.0 Å². The molecule has 3 rings (SSSR count). The highest BCUT2D eigenvalue weighted by molar-refractivity contribution is 5.88. The lowest BCUT2D eigenvalue weighted by atomic mass is 9.86. The lowest BCUT2D eigenvalue weighted by Crippen LogP contribution is -2.20. The number of carbonyl (C=O) groups excluding carboxylic acids is 1. The number of nitrogens with one attached hydrogen (secondary N) is 1. The smallest absolute Gasteiger partial charge is 0.273 e. The maximum Gasteiger partial charge on any atom is 0.278 e. The topological polar surface area (TPSA) is 84.6 Å². The zero-order valence-corrected chi connectivity index (χ0v) is 15.7. The van der Waals surface area contributed by atoms with Gasteiger partial charge in [0.1, 0.15) is 0 Å². The van der Waals surface area contributed by atoms with Crippen LogP contribution in [0.15, 0.2) is 53.6 Å². The number of carbonyl (C=O) groups is 1. The molecule has 6 nitrogen and oxygen atoms in total. The fraction of sp³-hybridized carbons (Fsp3) is 0.333. The van der Waals surface area contributed by atoms with Crippen LogP contribution in [0.2, 0.25) is 0 Å². The normalized spacial score (nSPS) is 19.1. The zero-order valence-electron chi connectivity index (χ0n) is 15.7. The van der Waals surface area contributed by atoms with E-state index in [9.17, 15) is 14.9 Å². The van der Waals surface area contributed by atoms with Crippen LogP contribution in [0.25, 0.3) is 0 Å². The molecule has 0 unspecified atom stereocenters. The molecular formula is C21H23N3O3. The van der Waals surface area contributed by atoms with Gasteiger partial charge in [-0.05, 0) is 34.9 Å². The molecule has 0 bridgehead atoms. The van der Waals surface area contributed by atoms with E-state index in [1.807, 2.05) is 0 Å². The first-order chi connectivity index (χ1) is 12.8. The van der Waals surface area contributed by atoms with Crippen molar-refractivity contribution in [1.82, 2.24) is 5.43 Å². The molecule has 0 radical (unpaired) electrons. The van der Waals surface area contributed by atoms with Crippen molar-refractivity contribution in [3.8, 4) is 0 Å². The summed E-state index contributed by atoms with van der Waals surface area (Å²) in [6.45, 7) is 6.51. The van der Waals surface area contributed by atoms with Crippen LogP contribution in [-0.2, 0) is 10.2 Å². The fourth-order valence-electron chi connectivity index (χ4n) is 3.09. The summed E-state index contributed by atoms with van der Waals surface area (Å²) < 4.78 is 0. The lowest BCUT2D eigenvalue weighted by Gasteiger charge is -2.19. The molecule has 1 N–H and O–H groups in total. The van der Waals surface area contributed by atoms with Crippen molar-refractivity contribution in [2.75, 3.05) is 0 Å². The van der Waals surface area contributed by atoms with E-state index in [-0.39, 0.29) is 28.8 Å². The molecule has 140 valence electrons. The van der Waals surface area contributed by atoms with E-state index in [1.165, 1.54) is 17.8 Å². The minimum Gasteiger partial charge on any atom is -0.273 e. The Morgan fingerprint density at radius 2 is 1.85 bits per heavy atom. The third-order valence-electron chi connectivity index (χ3n) is 4.84. The first-order valence-electron chi connectivity index (χ1n) is 8.94. The number of benzene rings is 2. The van der Waals surface area contributed by atoms with Crippen LogP contribution in [0, 0.1) is 16.0 Å². The number of amides is 1. The van der Waals surface area contributed by atoms with E-state index < -0.39 is 4.92 Å². The van der Waals surface area contributed by atoms with Gasteiger partial charge < -0.3 is 0 Å². The largest absolute Gasteiger partial charge is 0.278 e. The van der Waals surface area contributed by atoms with Gasteiger partial charge in [-0.2, -0.15) is 5.10 Å². The highest BCUT2D eigenvalue weighted by atomic mass is 16.6. The quantitative estimate of drug-likeness (QED) is 0.491. The summed E-state index contributed by atoms with van der Waals surface area (Å²) in [4.78, 5) is 22.8. The van der Waals surface area contributed by atoms with Crippen LogP contribution < -0.4 is 5.43 Å². The van der Waals surface area contributed by atoms with E-state index in [0.29, 0.717) is 5.56 Å². The van der Waals surface area contributed by atoms with Crippen LogP contribution >= 0.6 is 0 Å². The van der Waals surface area contributed by atoms with Crippen molar-refractivity contribution >= 4 is 17.8 Å². The van der Waals surface area contributed by atoms with Gasteiger partial charge in [0.15, 0.2) is 0 Å². The third kappa shape index (κ3) is 4.39. The van der Waals surface area contributed by atoms with Gasteiger partial charge in [-0.15, -0.1) is 0 Å². The summed E-state index contributed by atoms with van der Waals surface area (Å²) in [5.41, 5.74) is 5.34. The third-order valence-corrected chi connectivity index (χ3v) is 4.84. The van der Waals surface area contributed by atoms with Gasteiger partial charge in [0.05, 0.1) is 16.7 Å². The predicted octanol–water partition coefficient (Wildman–Crippen LogP) is 4.15. The maximum atomic E-state index is 12.3. The Balaban J connectivity index is 1.59. The minimum atomic E-state index is -0.471. The Hall–Kier alpha value is -3.02. The van der Waals surface area contributed by atoms with Gasteiger partial charge in [-0.25, -0.2) is 5.43 Å². The number of hydrogen-bond donors (Lipinski definition) is 1. The Bertz CT molecular complexity index is 882. The lowest BCUT2D eigenvalue weighted by molar-refractivity contribution is -0.385. The summed E-state index contributed by atoms with van der Waals surface area (Å²) in [6.07, 6.45) is 2.10. The highest BCUT2D eigenvalue weighted by Gasteiger charge is 2.44. The number of para-hydroxylation sites is 1. The van der Waals surface area contributed by atoms with Gasteiger partial charge in [-0.1, -0.05) is 57.2 Å². The van der Waals surface area contributed by atoms with Crippen LogP contribution in [-0.4, -0.2) is 17.0 Å². The van der Waals surface area contributed by atoms with Gasteiger partial charge in [-0.3, -0.25) is 14.9 Å². The summed E-state index contributed by atoms with van der Waals surface area (Å²) >= 11 is 0. The molecule has 6 heteroatoms. The SMILES string of the molecule is CC(C)(C)c1ccc([C@H]2C[C@H]2C(=O)N/N=C\c2ccccc2[N+](=O)[O-])cc1. The Labute approximate surface area is 158 Å². The van der Waals surface area contributed by atoms with Gasteiger partial charge in [0.2, 0.25) is 5.91 Å². The van der Waals surface area contributed by atoms with Crippen LogP contribution in [0.5, 0.6) is 0 Å². The number of hydrogen-bond acceptors (Lipinski definition) is 4. The minimum absolute atomic E-state index is 0.0428. The van der Waals surface area contributed by atoms with E-state index in [0.717, 1.165) is 12.0 Å². The molecule has 1 aliphatic rings. The number of nitro groups is 1. The van der Waals surface area contributed by atoms with Crippen LogP contribution in [0.1, 0.15) is 49.8 Å². The molecule has 0 spiro atoms. The van der Waals surface area contributed by atoms with Crippen molar-refractivity contribution in [3.63, 3.8) is 0 Å². The number of nitrogens with zero attached hydrogens (tertiary/aromatic N) is 2. The standard InChI is InChI=1S/C21H23N3O3/c1-21(2,3)16-10-8-14(9-11-16)17-12-18(17)20(25)23-22-13-15-6-4-5-7-19(15)24(26)27/h4-11,13,17-18H,12H2,1-3H3,(H,23,25)/b22-13-/t17-,18-/m1/s1. The Kier molecular flexibility index (Phi) is 5.08. The Morgan fingerprint density at radius 3 is 2.48 bits per heavy atom. The Morgan fingerprint density at radius 1 is 1.19 bits per heavy atom. The summed E-state index contributed by atoms with van der Waals surface area (Å²) in [7, 11) is 0. The molecule has 0 aromatic heterocycles. The molecule has 0 aliphatic heterocycles. The first kappa shape index (κ1) is 18.8. The van der Waals surface area contributed by atoms with E-state index >= 15 is 0 Å². The molecule has 1 aliphatic carbocycles. The summed E-state index contributed by atoms with van der Waals surface area (Å²) in [5.74, 6) is -0.0524. The highest BCUT2D eigenvalue weighted by Crippen LogP contribution is 2.47. The molecule has 2 aromatic rings. The van der Waals surface area contributed by atoms with E-state index in [4.69, 9.17) is 0 Å². The van der Waals surface area contributed by atoms with Crippen molar-refractivity contribution < 1.29 is 9.72 Å². The molecule has 0 saturated heterocycles. The second-order valence-electron chi connectivity index (χ2n) is 7.87. The van der Waals surface area contributed by atoms with Crippen molar-refractivity contribution in [3.05, 3.63) is 75.3 Å². The molecule has 1 fully saturated rings. The van der Waals surface area contributed by atoms with Crippen LogP contribution in [0.3, 0.4) is 0 Å². The van der Waals surface area contributed by atoms with E-state index in [1.54, 1.807) is 18.2 Å². The van der Waals surface area contributed by atoms with E-state index in [2.05, 4.69) is 55.6 Å².